The number of aryl methyl sites for hydroxylation is 1. The Bertz CT molecular complexity index is 651. The van der Waals surface area contributed by atoms with E-state index in [4.69, 9.17) is 0 Å². The zero-order valence-electron chi connectivity index (χ0n) is 13.0. The summed E-state index contributed by atoms with van der Waals surface area (Å²) in [5.41, 5.74) is 1.20. The SMILES string of the molecule is CCCc1cc(NC(=O)C2=CCCC(O)C2)cc(O)c1C(=O)O. The lowest BCUT2D eigenvalue weighted by molar-refractivity contribution is -0.113. The highest BCUT2D eigenvalue weighted by Gasteiger charge is 2.20. The molecule has 0 fully saturated rings. The molecule has 0 spiro atoms. The Morgan fingerprint density at radius 3 is 2.70 bits per heavy atom. The molecule has 1 aliphatic carbocycles. The molecule has 0 aliphatic heterocycles. The average Bonchev–Trinajstić information content (AvgIpc) is 2.46. The van der Waals surface area contributed by atoms with Crippen LogP contribution in [0, 0.1) is 0 Å². The van der Waals surface area contributed by atoms with E-state index < -0.39 is 12.1 Å². The minimum Gasteiger partial charge on any atom is -0.507 e. The van der Waals surface area contributed by atoms with E-state index in [0.717, 1.165) is 0 Å². The number of hydrogen-bond acceptors (Lipinski definition) is 4. The fourth-order valence-electron chi connectivity index (χ4n) is 2.76. The van der Waals surface area contributed by atoms with Gasteiger partial charge in [0.2, 0.25) is 0 Å². The highest BCUT2D eigenvalue weighted by atomic mass is 16.4. The Labute approximate surface area is 134 Å². The van der Waals surface area contributed by atoms with Gasteiger partial charge in [-0.05, 0) is 30.9 Å². The first-order valence-corrected chi connectivity index (χ1v) is 7.70. The number of phenols is 1. The normalized spacial score (nSPS) is 17.5. The van der Waals surface area contributed by atoms with Crippen LogP contribution in [0.5, 0.6) is 5.75 Å². The number of nitrogens with one attached hydrogen (secondary N) is 1. The summed E-state index contributed by atoms with van der Waals surface area (Å²) >= 11 is 0. The number of hydrogen-bond donors (Lipinski definition) is 4. The summed E-state index contributed by atoms with van der Waals surface area (Å²) in [5.74, 6) is -1.90. The number of benzene rings is 1. The molecule has 0 saturated carbocycles. The van der Waals surface area contributed by atoms with Crippen molar-refractivity contribution in [3.05, 3.63) is 34.9 Å². The molecule has 1 atom stereocenters. The van der Waals surface area contributed by atoms with Gasteiger partial charge in [0.15, 0.2) is 0 Å². The number of carboxylic acid groups (broad SMARTS) is 1. The standard InChI is InChI=1S/C17H21NO5/c1-2-4-10-7-12(9-14(20)15(10)17(22)23)18-16(21)11-5-3-6-13(19)8-11/h5,7,9,13,19-20H,2-4,6,8H2,1H3,(H,18,21)(H,22,23). The number of carboxylic acids is 1. The average molecular weight is 319 g/mol. The smallest absolute Gasteiger partial charge is 0.339 e. The maximum atomic E-state index is 12.2. The highest BCUT2D eigenvalue weighted by molar-refractivity contribution is 6.04. The predicted octanol–water partition coefficient (Wildman–Crippen LogP) is 2.45. The summed E-state index contributed by atoms with van der Waals surface area (Å²) in [6.07, 6.45) is 4.07. The fraction of sp³-hybridized carbons (Fsp3) is 0.412. The summed E-state index contributed by atoms with van der Waals surface area (Å²) < 4.78 is 0. The molecule has 1 aromatic carbocycles. The van der Waals surface area contributed by atoms with E-state index in [1.165, 1.54) is 6.07 Å². The second-order valence-electron chi connectivity index (χ2n) is 5.70. The number of amides is 1. The van der Waals surface area contributed by atoms with Crippen LogP contribution < -0.4 is 5.32 Å². The minimum absolute atomic E-state index is 0.128. The van der Waals surface area contributed by atoms with Crippen molar-refractivity contribution >= 4 is 17.6 Å². The van der Waals surface area contributed by atoms with Crippen molar-refractivity contribution in [2.24, 2.45) is 0 Å². The molecule has 0 saturated heterocycles. The van der Waals surface area contributed by atoms with Crippen molar-refractivity contribution in [1.29, 1.82) is 0 Å². The van der Waals surface area contributed by atoms with Crippen LogP contribution in [0.1, 0.15) is 48.5 Å². The van der Waals surface area contributed by atoms with Crippen LogP contribution >= 0.6 is 0 Å². The quantitative estimate of drug-likeness (QED) is 0.667. The van der Waals surface area contributed by atoms with Gasteiger partial charge in [-0.25, -0.2) is 4.79 Å². The zero-order chi connectivity index (χ0) is 17.0. The Kier molecular flexibility index (Phi) is 5.39. The topological polar surface area (TPSA) is 107 Å². The minimum atomic E-state index is -1.19. The maximum Gasteiger partial charge on any atom is 0.339 e. The van der Waals surface area contributed by atoms with Gasteiger partial charge in [0.25, 0.3) is 5.91 Å². The summed E-state index contributed by atoms with van der Waals surface area (Å²) in [6.45, 7) is 1.90. The number of anilines is 1. The molecule has 0 bridgehead atoms. The number of aromatic hydroxyl groups is 1. The van der Waals surface area contributed by atoms with Crippen molar-refractivity contribution in [1.82, 2.24) is 0 Å². The first kappa shape index (κ1) is 17.0. The van der Waals surface area contributed by atoms with Gasteiger partial charge in [0.1, 0.15) is 11.3 Å². The third-order valence-corrected chi connectivity index (χ3v) is 3.83. The Hall–Kier alpha value is -2.34. The Morgan fingerprint density at radius 1 is 1.35 bits per heavy atom. The summed E-state index contributed by atoms with van der Waals surface area (Å²) in [5, 5.41) is 31.4. The van der Waals surface area contributed by atoms with E-state index in [0.29, 0.717) is 48.9 Å². The molecule has 1 unspecified atom stereocenters. The monoisotopic (exact) mass is 319 g/mol. The molecule has 6 heteroatoms. The maximum absolute atomic E-state index is 12.2. The number of rotatable bonds is 5. The second kappa shape index (κ2) is 7.28. The molecule has 0 radical (unpaired) electrons. The van der Waals surface area contributed by atoms with Crippen LogP contribution in [-0.4, -0.2) is 33.3 Å². The Morgan fingerprint density at radius 2 is 2.09 bits per heavy atom. The number of carbonyl (C=O) groups excluding carboxylic acids is 1. The van der Waals surface area contributed by atoms with Gasteiger partial charge in [-0.15, -0.1) is 0 Å². The van der Waals surface area contributed by atoms with Gasteiger partial charge in [-0.3, -0.25) is 4.79 Å². The molecule has 124 valence electrons. The molecule has 1 aromatic rings. The molecular formula is C17H21NO5. The van der Waals surface area contributed by atoms with Gasteiger partial charge in [-0.1, -0.05) is 19.4 Å². The third-order valence-electron chi connectivity index (χ3n) is 3.83. The van der Waals surface area contributed by atoms with Crippen molar-refractivity contribution in [2.75, 3.05) is 5.32 Å². The number of aromatic carboxylic acids is 1. The molecule has 6 nitrogen and oxygen atoms in total. The van der Waals surface area contributed by atoms with Crippen LogP contribution in [-0.2, 0) is 11.2 Å². The first-order chi connectivity index (χ1) is 10.9. The number of allylic oxidation sites excluding steroid dienone is 1. The van der Waals surface area contributed by atoms with Crippen molar-refractivity contribution < 1.29 is 24.9 Å². The van der Waals surface area contributed by atoms with Gasteiger partial charge in [-0.2, -0.15) is 0 Å². The van der Waals surface area contributed by atoms with Crippen molar-refractivity contribution in [3.63, 3.8) is 0 Å². The lowest BCUT2D eigenvalue weighted by Gasteiger charge is -2.18. The largest absolute Gasteiger partial charge is 0.507 e. The van der Waals surface area contributed by atoms with Crippen LogP contribution in [0.3, 0.4) is 0 Å². The summed E-state index contributed by atoms with van der Waals surface area (Å²) in [7, 11) is 0. The van der Waals surface area contributed by atoms with E-state index in [1.807, 2.05) is 6.92 Å². The van der Waals surface area contributed by atoms with Crippen LogP contribution in [0.15, 0.2) is 23.8 Å². The van der Waals surface area contributed by atoms with Gasteiger partial charge in [0.05, 0.1) is 6.10 Å². The molecule has 2 rings (SSSR count). The van der Waals surface area contributed by atoms with Crippen molar-refractivity contribution in [2.45, 2.75) is 45.1 Å². The molecule has 1 amide bonds. The fourth-order valence-corrected chi connectivity index (χ4v) is 2.76. The molecular weight excluding hydrogens is 298 g/mol. The van der Waals surface area contributed by atoms with Crippen molar-refractivity contribution in [3.8, 4) is 5.75 Å². The molecule has 4 N–H and O–H groups in total. The Balaban J connectivity index is 2.24. The number of aliphatic hydroxyl groups excluding tert-OH is 1. The van der Waals surface area contributed by atoms with E-state index in [1.54, 1.807) is 12.1 Å². The van der Waals surface area contributed by atoms with Gasteiger partial charge in [0, 0.05) is 23.7 Å². The lowest BCUT2D eigenvalue weighted by Crippen LogP contribution is -2.21. The van der Waals surface area contributed by atoms with Crippen LogP contribution in [0.25, 0.3) is 0 Å². The highest BCUT2D eigenvalue weighted by Crippen LogP contribution is 2.28. The zero-order valence-corrected chi connectivity index (χ0v) is 13.0. The van der Waals surface area contributed by atoms with E-state index in [9.17, 15) is 24.9 Å². The summed E-state index contributed by atoms with van der Waals surface area (Å²) in [6, 6.07) is 2.81. The third kappa shape index (κ3) is 4.10. The number of carbonyl (C=O) groups is 2. The van der Waals surface area contributed by atoms with E-state index in [-0.39, 0.29) is 17.2 Å². The predicted molar refractivity (Wildman–Crippen MR) is 85.6 cm³/mol. The summed E-state index contributed by atoms with van der Waals surface area (Å²) in [4.78, 5) is 23.5. The molecule has 23 heavy (non-hydrogen) atoms. The van der Waals surface area contributed by atoms with E-state index in [2.05, 4.69) is 5.32 Å². The first-order valence-electron chi connectivity index (χ1n) is 7.70. The number of aliphatic hydroxyl groups is 1. The van der Waals surface area contributed by atoms with Crippen LogP contribution in [0.2, 0.25) is 0 Å². The molecule has 0 aromatic heterocycles. The van der Waals surface area contributed by atoms with Crippen LogP contribution in [0.4, 0.5) is 5.69 Å². The molecule has 0 heterocycles. The second-order valence-corrected chi connectivity index (χ2v) is 5.70. The lowest BCUT2D eigenvalue weighted by atomic mass is 9.96. The molecule has 1 aliphatic rings. The van der Waals surface area contributed by atoms with Gasteiger partial charge < -0.3 is 20.6 Å². The van der Waals surface area contributed by atoms with E-state index >= 15 is 0 Å². The van der Waals surface area contributed by atoms with Gasteiger partial charge >= 0.3 is 5.97 Å².